The van der Waals surface area contributed by atoms with Crippen molar-refractivity contribution in [2.24, 2.45) is 5.92 Å². The third-order valence-electron chi connectivity index (χ3n) is 5.69. The molecule has 0 aromatic rings. The summed E-state index contributed by atoms with van der Waals surface area (Å²) in [6.07, 6.45) is 20.6. The second kappa shape index (κ2) is 25.7. The van der Waals surface area contributed by atoms with E-state index in [-0.39, 0.29) is 18.8 Å². The third-order valence-corrected chi connectivity index (χ3v) is 5.69. The molecule has 6 nitrogen and oxygen atoms in total. The molecule has 190 valence electrons. The maximum absolute atomic E-state index is 11.3. The highest BCUT2D eigenvalue weighted by Gasteiger charge is 2.16. The van der Waals surface area contributed by atoms with Crippen LogP contribution in [0.5, 0.6) is 0 Å². The zero-order chi connectivity index (χ0) is 24.5. The van der Waals surface area contributed by atoms with Gasteiger partial charge in [-0.1, -0.05) is 104 Å². The number of carboxylic acids is 3. The Balaban J connectivity index is 0. The van der Waals surface area contributed by atoms with Gasteiger partial charge in [-0.15, -0.1) is 0 Å². The van der Waals surface area contributed by atoms with Crippen LogP contribution in [0.15, 0.2) is 0 Å². The van der Waals surface area contributed by atoms with Crippen LogP contribution in [0, 0.1) is 5.92 Å². The van der Waals surface area contributed by atoms with E-state index in [4.69, 9.17) is 10.2 Å². The maximum Gasteiger partial charge on any atom is 0.306 e. The highest BCUT2D eigenvalue weighted by Crippen LogP contribution is 2.19. The molecule has 6 heteroatoms. The number of carboxylic acid groups (broad SMARTS) is 3. The van der Waals surface area contributed by atoms with Crippen molar-refractivity contribution >= 4 is 17.9 Å². The van der Waals surface area contributed by atoms with Crippen LogP contribution in [0.4, 0.5) is 0 Å². The predicted molar refractivity (Wildman–Crippen MR) is 130 cm³/mol. The second-order valence-electron chi connectivity index (χ2n) is 8.85. The average Bonchev–Trinajstić information content (AvgIpc) is 2.74. The van der Waals surface area contributed by atoms with E-state index in [0.29, 0.717) is 12.8 Å². The summed E-state index contributed by atoms with van der Waals surface area (Å²) in [5.74, 6) is -2.40. The molecule has 1 unspecified atom stereocenters. The first-order valence-electron chi connectivity index (χ1n) is 13.0. The molecule has 0 rings (SSSR count). The summed E-state index contributed by atoms with van der Waals surface area (Å²) in [4.78, 5) is 31.1. The van der Waals surface area contributed by atoms with Gasteiger partial charge in [0.15, 0.2) is 0 Å². The van der Waals surface area contributed by atoms with Crippen LogP contribution in [0.3, 0.4) is 0 Å². The highest BCUT2D eigenvalue weighted by atomic mass is 16.4. The first kappa shape index (κ1) is 32.6. The molecule has 0 radical (unpaired) electrons. The quantitative estimate of drug-likeness (QED) is 0.143. The van der Waals surface area contributed by atoms with Gasteiger partial charge in [-0.2, -0.15) is 0 Å². The van der Waals surface area contributed by atoms with E-state index < -0.39 is 17.9 Å². The summed E-state index contributed by atoms with van der Waals surface area (Å²) >= 11 is 0. The normalized spacial score (nSPS) is 11.4. The Morgan fingerprint density at radius 1 is 0.500 bits per heavy atom. The SMILES string of the molecule is CCCCCCCCCCC(CCCCCCCC)C(=O)O.O=C(O)CCCCC(=O)O. The first-order chi connectivity index (χ1) is 15.3. The fraction of sp³-hybridized carbons (Fsp3) is 0.885. The van der Waals surface area contributed by atoms with Crippen molar-refractivity contribution < 1.29 is 29.7 Å². The number of hydrogen-bond donors (Lipinski definition) is 3. The lowest BCUT2D eigenvalue weighted by Crippen LogP contribution is -2.13. The van der Waals surface area contributed by atoms with Gasteiger partial charge in [-0.25, -0.2) is 0 Å². The van der Waals surface area contributed by atoms with Crippen LogP contribution in [0.25, 0.3) is 0 Å². The molecule has 0 aromatic carbocycles. The molecule has 0 aliphatic carbocycles. The molecule has 0 fully saturated rings. The molecule has 0 aromatic heterocycles. The van der Waals surface area contributed by atoms with Gasteiger partial charge in [0, 0.05) is 12.8 Å². The smallest absolute Gasteiger partial charge is 0.306 e. The summed E-state index contributed by atoms with van der Waals surface area (Å²) in [7, 11) is 0. The lowest BCUT2D eigenvalue weighted by Gasteiger charge is -2.12. The Morgan fingerprint density at radius 2 is 0.812 bits per heavy atom. The highest BCUT2D eigenvalue weighted by molar-refractivity contribution is 5.69. The van der Waals surface area contributed by atoms with Crippen LogP contribution in [-0.2, 0) is 14.4 Å². The van der Waals surface area contributed by atoms with Gasteiger partial charge in [0.05, 0.1) is 5.92 Å². The molecule has 0 bridgehead atoms. The van der Waals surface area contributed by atoms with Crippen molar-refractivity contribution in [1.82, 2.24) is 0 Å². The zero-order valence-electron chi connectivity index (χ0n) is 20.8. The van der Waals surface area contributed by atoms with Gasteiger partial charge >= 0.3 is 17.9 Å². The zero-order valence-corrected chi connectivity index (χ0v) is 20.8. The van der Waals surface area contributed by atoms with E-state index in [1.54, 1.807) is 0 Å². The van der Waals surface area contributed by atoms with E-state index in [9.17, 15) is 19.5 Å². The van der Waals surface area contributed by atoms with Gasteiger partial charge < -0.3 is 15.3 Å². The first-order valence-corrected chi connectivity index (χ1v) is 13.0. The van der Waals surface area contributed by atoms with E-state index in [2.05, 4.69) is 13.8 Å². The topological polar surface area (TPSA) is 112 Å². The average molecular weight is 459 g/mol. The van der Waals surface area contributed by atoms with Crippen molar-refractivity contribution in [3.63, 3.8) is 0 Å². The van der Waals surface area contributed by atoms with Gasteiger partial charge in [0.2, 0.25) is 0 Å². The summed E-state index contributed by atoms with van der Waals surface area (Å²) < 4.78 is 0. The van der Waals surface area contributed by atoms with Crippen LogP contribution in [0.2, 0.25) is 0 Å². The minimum absolute atomic E-state index is 0.0628. The Labute approximate surface area is 196 Å². The number of unbranched alkanes of at least 4 members (excludes halogenated alkanes) is 13. The molecule has 0 spiro atoms. The Morgan fingerprint density at radius 3 is 1.09 bits per heavy atom. The van der Waals surface area contributed by atoms with E-state index in [1.807, 2.05) is 0 Å². The van der Waals surface area contributed by atoms with Gasteiger partial charge in [0.1, 0.15) is 0 Å². The molecule has 0 saturated carbocycles. The summed E-state index contributed by atoms with van der Waals surface area (Å²) in [6, 6.07) is 0. The molecule has 0 aliphatic rings. The monoisotopic (exact) mass is 458 g/mol. The number of carbonyl (C=O) groups is 3. The van der Waals surface area contributed by atoms with Gasteiger partial charge in [-0.05, 0) is 25.7 Å². The molecule has 0 heterocycles. The van der Waals surface area contributed by atoms with Crippen LogP contribution in [0.1, 0.15) is 142 Å². The van der Waals surface area contributed by atoms with E-state index >= 15 is 0 Å². The Bertz CT molecular complexity index is 434. The lowest BCUT2D eigenvalue weighted by molar-refractivity contribution is -0.142. The largest absolute Gasteiger partial charge is 0.481 e. The number of aliphatic carboxylic acids is 3. The molecule has 32 heavy (non-hydrogen) atoms. The van der Waals surface area contributed by atoms with Crippen LogP contribution < -0.4 is 0 Å². The standard InChI is InChI=1S/C20H40O2.C6H10O4/c1-3-5-7-9-11-12-14-16-18-19(20(21)22)17-15-13-10-8-6-4-2;7-5(8)3-1-2-4-6(9)10/h19H,3-18H2,1-2H3,(H,21,22);1-4H2,(H,7,8)(H,9,10). The van der Waals surface area contributed by atoms with Crippen molar-refractivity contribution in [3.8, 4) is 0 Å². The van der Waals surface area contributed by atoms with Gasteiger partial charge in [0.25, 0.3) is 0 Å². The van der Waals surface area contributed by atoms with Gasteiger partial charge in [-0.3, -0.25) is 14.4 Å². The minimum atomic E-state index is -0.870. The minimum Gasteiger partial charge on any atom is -0.481 e. The summed E-state index contributed by atoms with van der Waals surface area (Å²) in [6.45, 7) is 4.47. The molecular formula is C26H50O6. The Hall–Kier alpha value is -1.59. The number of rotatable bonds is 22. The summed E-state index contributed by atoms with van der Waals surface area (Å²) in [5.41, 5.74) is 0. The predicted octanol–water partition coefficient (Wildman–Crippen LogP) is 7.68. The van der Waals surface area contributed by atoms with Crippen LogP contribution in [-0.4, -0.2) is 33.2 Å². The lowest BCUT2D eigenvalue weighted by atomic mass is 9.94. The second-order valence-corrected chi connectivity index (χ2v) is 8.85. The van der Waals surface area contributed by atoms with E-state index in [0.717, 1.165) is 25.7 Å². The molecule has 0 saturated heterocycles. The fourth-order valence-electron chi connectivity index (χ4n) is 3.64. The molecule has 3 N–H and O–H groups in total. The van der Waals surface area contributed by atoms with Crippen molar-refractivity contribution in [3.05, 3.63) is 0 Å². The third kappa shape index (κ3) is 28.4. The Kier molecular flexibility index (Phi) is 26.1. The molecule has 0 aliphatic heterocycles. The maximum atomic E-state index is 11.3. The number of hydrogen-bond acceptors (Lipinski definition) is 3. The van der Waals surface area contributed by atoms with Crippen molar-refractivity contribution in [2.45, 2.75) is 142 Å². The molecular weight excluding hydrogens is 408 g/mol. The summed E-state index contributed by atoms with van der Waals surface area (Å²) in [5, 5.41) is 25.6. The van der Waals surface area contributed by atoms with Crippen molar-refractivity contribution in [2.75, 3.05) is 0 Å². The van der Waals surface area contributed by atoms with Crippen LogP contribution >= 0.6 is 0 Å². The van der Waals surface area contributed by atoms with E-state index in [1.165, 1.54) is 77.0 Å². The van der Waals surface area contributed by atoms with Crippen molar-refractivity contribution in [1.29, 1.82) is 0 Å². The molecule has 1 atom stereocenters. The molecule has 0 amide bonds. The fourth-order valence-corrected chi connectivity index (χ4v) is 3.64.